The molecule has 1 amide bonds. The molecule has 0 unspecified atom stereocenters. The smallest absolute Gasteiger partial charge is 0.274 e. The fourth-order valence-corrected chi connectivity index (χ4v) is 2.24. The van der Waals surface area contributed by atoms with Gasteiger partial charge >= 0.3 is 0 Å². The lowest BCUT2D eigenvalue weighted by Gasteiger charge is -2.13. The average molecular weight is 242 g/mol. The molecule has 1 aliphatic heterocycles. The lowest BCUT2D eigenvalue weighted by Crippen LogP contribution is -2.25. The topological polar surface area (TPSA) is 64.2 Å². The summed E-state index contributed by atoms with van der Waals surface area (Å²) in [5.41, 5.74) is 9.25. The van der Waals surface area contributed by atoms with Crippen molar-refractivity contribution in [2.75, 3.05) is 5.73 Å². The van der Waals surface area contributed by atoms with Gasteiger partial charge in [0.05, 0.1) is 6.33 Å². The molecule has 0 bridgehead atoms. The average Bonchev–Trinajstić information content (AvgIpc) is 2.93. The first-order chi connectivity index (χ1) is 8.63. The van der Waals surface area contributed by atoms with E-state index >= 15 is 0 Å². The number of fused-ring (bicyclic) bond motifs is 1. The molecule has 92 valence electrons. The number of hydrogen-bond donors (Lipinski definition) is 1. The Morgan fingerprint density at radius 1 is 1.33 bits per heavy atom. The van der Waals surface area contributed by atoms with E-state index in [2.05, 4.69) is 4.98 Å². The summed E-state index contributed by atoms with van der Waals surface area (Å²) in [5.74, 6) is -0.0367. The molecule has 2 heterocycles. The number of benzene rings is 1. The van der Waals surface area contributed by atoms with Crippen molar-refractivity contribution in [1.29, 1.82) is 0 Å². The van der Waals surface area contributed by atoms with Gasteiger partial charge in [-0.25, -0.2) is 4.98 Å². The molecule has 0 fully saturated rings. The minimum atomic E-state index is -0.0367. The maximum atomic E-state index is 12.2. The van der Waals surface area contributed by atoms with Gasteiger partial charge < -0.3 is 15.2 Å². The van der Waals surface area contributed by atoms with Gasteiger partial charge in [0.2, 0.25) is 0 Å². The monoisotopic (exact) mass is 242 g/mol. The number of imidazole rings is 1. The van der Waals surface area contributed by atoms with Crippen molar-refractivity contribution < 1.29 is 4.79 Å². The van der Waals surface area contributed by atoms with Gasteiger partial charge in [-0.05, 0) is 23.3 Å². The largest absolute Gasteiger partial charge is 0.399 e. The number of rotatable bonds is 1. The standard InChI is InChI=1S/C13H14N4O/c1-16-7-12(15-8-16)13(18)17-5-9-2-3-11(14)4-10(9)6-17/h2-4,7-8H,5-6,14H2,1H3. The Morgan fingerprint density at radius 3 is 2.83 bits per heavy atom. The van der Waals surface area contributed by atoms with E-state index in [-0.39, 0.29) is 5.91 Å². The molecule has 18 heavy (non-hydrogen) atoms. The minimum absolute atomic E-state index is 0.0367. The molecular weight excluding hydrogens is 228 g/mol. The van der Waals surface area contributed by atoms with Crippen molar-refractivity contribution in [3.05, 3.63) is 47.5 Å². The van der Waals surface area contributed by atoms with Crippen LogP contribution in [0.4, 0.5) is 5.69 Å². The predicted octanol–water partition coefficient (Wildman–Crippen LogP) is 1.16. The summed E-state index contributed by atoms with van der Waals surface area (Å²) in [7, 11) is 1.85. The van der Waals surface area contributed by atoms with Crippen LogP contribution in [0.3, 0.4) is 0 Å². The first kappa shape index (κ1) is 10.8. The van der Waals surface area contributed by atoms with Crippen molar-refractivity contribution in [2.45, 2.75) is 13.1 Å². The quantitative estimate of drug-likeness (QED) is 0.763. The highest BCUT2D eigenvalue weighted by molar-refractivity contribution is 5.92. The lowest BCUT2D eigenvalue weighted by atomic mass is 10.1. The first-order valence-electron chi connectivity index (χ1n) is 5.78. The first-order valence-corrected chi connectivity index (χ1v) is 5.78. The van der Waals surface area contributed by atoms with Crippen LogP contribution < -0.4 is 5.73 Å². The van der Waals surface area contributed by atoms with Crippen molar-refractivity contribution in [1.82, 2.24) is 14.5 Å². The Labute approximate surface area is 105 Å². The number of aromatic nitrogens is 2. The van der Waals surface area contributed by atoms with Crippen molar-refractivity contribution in [3.8, 4) is 0 Å². The summed E-state index contributed by atoms with van der Waals surface area (Å²) in [6.07, 6.45) is 3.37. The van der Waals surface area contributed by atoms with E-state index in [0.717, 1.165) is 16.8 Å². The Bertz CT molecular complexity index is 617. The fraction of sp³-hybridized carbons (Fsp3) is 0.231. The molecule has 2 aromatic rings. The molecule has 0 atom stereocenters. The number of amides is 1. The third kappa shape index (κ3) is 1.73. The zero-order valence-corrected chi connectivity index (χ0v) is 10.1. The van der Waals surface area contributed by atoms with Gasteiger partial charge in [0.25, 0.3) is 5.91 Å². The zero-order valence-electron chi connectivity index (χ0n) is 10.1. The number of aryl methyl sites for hydroxylation is 1. The van der Waals surface area contributed by atoms with E-state index in [0.29, 0.717) is 18.8 Å². The van der Waals surface area contributed by atoms with Crippen LogP contribution in [-0.2, 0) is 20.1 Å². The van der Waals surface area contributed by atoms with Gasteiger partial charge in [0.15, 0.2) is 0 Å². The molecule has 0 aliphatic carbocycles. The third-order valence-corrected chi connectivity index (χ3v) is 3.16. The highest BCUT2D eigenvalue weighted by atomic mass is 16.2. The van der Waals surface area contributed by atoms with E-state index in [4.69, 9.17) is 5.73 Å². The van der Waals surface area contributed by atoms with Gasteiger partial charge in [-0.2, -0.15) is 0 Å². The Hall–Kier alpha value is -2.30. The van der Waals surface area contributed by atoms with Crippen LogP contribution in [0.5, 0.6) is 0 Å². The predicted molar refractivity (Wildman–Crippen MR) is 67.6 cm³/mol. The Kier molecular flexibility index (Phi) is 2.33. The molecule has 0 radical (unpaired) electrons. The van der Waals surface area contributed by atoms with Crippen LogP contribution in [-0.4, -0.2) is 20.4 Å². The number of nitrogens with zero attached hydrogens (tertiary/aromatic N) is 3. The number of nitrogens with two attached hydrogens (primary N) is 1. The maximum Gasteiger partial charge on any atom is 0.274 e. The summed E-state index contributed by atoms with van der Waals surface area (Å²) < 4.78 is 1.77. The Morgan fingerprint density at radius 2 is 2.11 bits per heavy atom. The van der Waals surface area contributed by atoms with E-state index in [1.807, 2.05) is 25.2 Å². The van der Waals surface area contributed by atoms with Gasteiger partial charge in [0.1, 0.15) is 5.69 Å². The van der Waals surface area contributed by atoms with Crippen LogP contribution in [0.1, 0.15) is 21.6 Å². The highest BCUT2D eigenvalue weighted by Gasteiger charge is 2.25. The van der Waals surface area contributed by atoms with Crippen molar-refractivity contribution in [2.24, 2.45) is 7.05 Å². The van der Waals surface area contributed by atoms with Crippen LogP contribution in [0.2, 0.25) is 0 Å². The normalized spacial score (nSPS) is 13.7. The zero-order chi connectivity index (χ0) is 12.7. The van der Waals surface area contributed by atoms with Crippen LogP contribution in [0.15, 0.2) is 30.7 Å². The van der Waals surface area contributed by atoms with Crippen molar-refractivity contribution >= 4 is 11.6 Å². The second kappa shape index (κ2) is 3.87. The van der Waals surface area contributed by atoms with E-state index < -0.39 is 0 Å². The number of nitrogen functional groups attached to an aromatic ring is 1. The van der Waals surface area contributed by atoms with Crippen molar-refractivity contribution in [3.63, 3.8) is 0 Å². The second-order valence-electron chi connectivity index (χ2n) is 4.61. The molecule has 3 rings (SSSR count). The third-order valence-electron chi connectivity index (χ3n) is 3.16. The molecule has 1 aromatic heterocycles. The van der Waals surface area contributed by atoms with Gasteiger partial charge in [-0.15, -0.1) is 0 Å². The highest BCUT2D eigenvalue weighted by Crippen LogP contribution is 2.25. The number of carbonyl (C=O) groups excluding carboxylic acids is 1. The van der Waals surface area contributed by atoms with Crippen LogP contribution in [0.25, 0.3) is 0 Å². The molecular formula is C13H14N4O. The van der Waals surface area contributed by atoms with Crippen LogP contribution in [0, 0.1) is 0 Å². The molecule has 2 N–H and O–H groups in total. The lowest BCUT2D eigenvalue weighted by molar-refractivity contribution is 0.0746. The molecule has 0 spiro atoms. The fourth-order valence-electron chi connectivity index (χ4n) is 2.24. The van der Waals surface area contributed by atoms with E-state index in [9.17, 15) is 4.79 Å². The minimum Gasteiger partial charge on any atom is -0.399 e. The van der Waals surface area contributed by atoms with E-state index in [1.54, 1.807) is 22.0 Å². The van der Waals surface area contributed by atoms with E-state index in [1.165, 1.54) is 0 Å². The molecule has 1 aromatic carbocycles. The maximum absolute atomic E-state index is 12.2. The van der Waals surface area contributed by atoms with Crippen LogP contribution >= 0.6 is 0 Å². The van der Waals surface area contributed by atoms with Gasteiger partial charge in [-0.1, -0.05) is 6.07 Å². The summed E-state index contributed by atoms with van der Waals surface area (Å²) >= 11 is 0. The number of carbonyl (C=O) groups is 1. The molecule has 1 aliphatic rings. The number of anilines is 1. The summed E-state index contributed by atoms with van der Waals surface area (Å²) in [6.45, 7) is 1.24. The number of hydrogen-bond acceptors (Lipinski definition) is 3. The van der Waals surface area contributed by atoms with Gasteiger partial charge in [0, 0.05) is 32.0 Å². The molecule has 5 nitrogen and oxygen atoms in total. The summed E-state index contributed by atoms with van der Waals surface area (Å²) in [5, 5.41) is 0. The Balaban J connectivity index is 1.83. The second-order valence-corrected chi connectivity index (χ2v) is 4.61. The SMILES string of the molecule is Cn1cnc(C(=O)N2Cc3ccc(N)cc3C2)c1. The summed E-state index contributed by atoms with van der Waals surface area (Å²) in [6, 6.07) is 5.78. The molecule has 0 saturated carbocycles. The summed E-state index contributed by atoms with van der Waals surface area (Å²) in [4.78, 5) is 18.1. The molecule has 5 heteroatoms. The van der Waals surface area contributed by atoms with Gasteiger partial charge in [-0.3, -0.25) is 4.79 Å². The molecule has 0 saturated heterocycles.